The van der Waals surface area contributed by atoms with Gasteiger partial charge in [-0.2, -0.15) is 0 Å². The van der Waals surface area contributed by atoms with Crippen LogP contribution in [0.3, 0.4) is 0 Å². The lowest BCUT2D eigenvalue weighted by molar-refractivity contribution is -0.140. The van der Waals surface area contributed by atoms with Crippen molar-refractivity contribution in [3.05, 3.63) is 23.8 Å². The van der Waals surface area contributed by atoms with E-state index in [0.717, 1.165) is 17.0 Å². The van der Waals surface area contributed by atoms with Gasteiger partial charge in [0.2, 0.25) is 5.91 Å². The van der Waals surface area contributed by atoms with E-state index in [0.29, 0.717) is 13.0 Å². The molecule has 0 spiro atoms. The SMILES string of the molecule is CCOc1ccc2c(c1)C(CCC(=O)OC)C(=O)N2. The Morgan fingerprint density at radius 3 is 2.89 bits per heavy atom. The van der Waals surface area contributed by atoms with Crippen molar-refractivity contribution >= 4 is 17.6 Å². The molecule has 1 aromatic rings. The first-order valence-corrected chi connectivity index (χ1v) is 6.30. The average Bonchev–Trinajstić information content (AvgIpc) is 2.71. The summed E-state index contributed by atoms with van der Waals surface area (Å²) in [6.07, 6.45) is 0.675. The first-order chi connectivity index (χ1) is 9.15. The Kier molecular flexibility index (Phi) is 4.04. The van der Waals surface area contributed by atoms with E-state index in [1.807, 2.05) is 25.1 Å². The van der Waals surface area contributed by atoms with E-state index in [2.05, 4.69) is 10.1 Å². The summed E-state index contributed by atoms with van der Waals surface area (Å²) < 4.78 is 10.0. The Hall–Kier alpha value is -2.04. The number of hydrogen-bond donors (Lipinski definition) is 1. The van der Waals surface area contributed by atoms with E-state index in [1.165, 1.54) is 7.11 Å². The summed E-state index contributed by atoms with van der Waals surface area (Å²) >= 11 is 0. The number of ether oxygens (including phenoxy) is 2. The van der Waals surface area contributed by atoms with Gasteiger partial charge in [0.15, 0.2) is 0 Å². The zero-order valence-electron chi connectivity index (χ0n) is 11.1. The molecule has 5 nitrogen and oxygen atoms in total. The number of amides is 1. The van der Waals surface area contributed by atoms with E-state index >= 15 is 0 Å². The summed E-state index contributed by atoms with van der Waals surface area (Å²) in [5.74, 6) is 0.0464. The Morgan fingerprint density at radius 1 is 1.42 bits per heavy atom. The molecule has 102 valence electrons. The first-order valence-electron chi connectivity index (χ1n) is 6.30. The first kappa shape index (κ1) is 13.4. The third-order valence-corrected chi connectivity index (χ3v) is 3.15. The molecule has 1 N–H and O–H groups in total. The fourth-order valence-corrected chi connectivity index (χ4v) is 2.21. The van der Waals surface area contributed by atoms with Gasteiger partial charge in [0.25, 0.3) is 0 Å². The van der Waals surface area contributed by atoms with Crippen LogP contribution in [0.15, 0.2) is 18.2 Å². The molecular weight excluding hydrogens is 246 g/mol. The fraction of sp³-hybridized carbons (Fsp3) is 0.429. The zero-order chi connectivity index (χ0) is 13.8. The molecule has 0 saturated carbocycles. The molecule has 5 heteroatoms. The maximum Gasteiger partial charge on any atom is 0.305 e. The molecule has 0 aromatic heterocycles. The standard InChI is InChI=1S/C14H17NO4/c1-3-19-9-4-6-12-11(8-9)10(14(17)15-12)5-7-13(16)18-2/h4,6,8,10H,3,5,7H2,1-2H3,(H,15,17). The summed E-state index contributed by atoms with van der Waals surface area (Å²) in [6, 6.07) is 5.51. The Morgan fingerprint density at radius 2 is 2.21 bits per heavy atom. The maximum absolute atomic E-state index is 11.9. The van der Waals surface area contributed by atoms with Crippen molar-refractivity contribution in [3.63, 3.8) is 0 Å². The minimum absolute atomic E-state index is 0.0763. The lowest BCUT2D eigenvalue weighted by Gasteiger charge is -2.09. The van der Waals surface area contributed by atoms with Crippen LogP contribution in [0.1, 0.15) is 31.2 Å². The van der Waals surface area contributed by atoms with E-state index in [9.17, 15) is 9.59 Å². The molecule has 1 atom stereocenters. The predicted octanol–water partition coefficient (Wildman–Crippen LogP) is 2.07. The van der Waals surface area contributed by atoms with Gasteiger partial charge >= 0.3 is 5.97 Å². The largest absolute Gasteiger partial charge is 0.494 e. The maximum atomic E-state index is 11.9. The predicted molar refractivity (Wildman–Crippen MR) is 70.2 cm³/mol. The third kappa shape index (κ3) is 2.86. The van der Waals surface area contributed by atoms with Crippen LogP contribution in [-0.4, -0.2) is 25.6 Å². The molecule has 0 radical (unpaired) electrons. The van der Waals surface area contributed by atoms with Crippen LogP contribution in [0.5, 0.6) is 5.75 Å². The lowest BCUT2D eigenvalue weighted by Crippen LogP contribution is -2.13. The number of fused-ring (bicyclic) bond motifs is 1. The van der Waals surface area contributed by atoms with E-state index in [1.54, 1.807) is 0 Å². The van der Waals surface area contributed by atoms with Crippen LogP contribution in [0.2, 0.25) is 0 Å². The number of anilines is 1. The number of carbonyl (C=O) groups is 2. The van der Waals surface area contributed by atoms with Crippen molar-refractivity contribution in [1.29, 1.82) is 0 Å². The monoisotopic (exact) mass is 263 g/mol. The van der Waals surface area contributed by atoms with Gasteiger partial charge in [0, 0.05) is 12.1 Å². The van der Waals surface area contributed by atoms with Gasteiger partial charge < -0.3 is 14.8 Å². The van der Waals surface area contributed by atoms with Crippen LogP contribution in [0, 0.1) is 0 Å². The van der Waals surface area contributed by atoms with Crippen LogP contribution >= 0.6 is 0 Å². The van der Waals surface area contributed by atoms with Crippen molar-refractivity contribution in [2.24, 2.45) is 0 Å². The van der Waals surface area contributed by atoms with Crippen molar-refractivity contribution in [3.8, 4) is 5.75 Å². The molecule has 1 aromatic carbocycles. The second-order valence-corrected chi connectivity index (χ2v) is 4.34. The van der Waals surface area contributed by atoms with E-state index < -0.39 is 0 Å². The average molecular weight is 263 g/mol. The number of hydrogen-bond acceptors (Lipinski definition) is 4. The Labute approximate surface area is 111 Å². The summed E-state index contributed by atoms with van der Waals surface area (Å²) in [5, 5.41) is 2.81. The van der Waals surface area contributed by atoms with Gasteiger partial charge in [0.05, 0.1) is 19.6 Å². The summed E-state index contributed by atoms with van der Waals surface area (Å²) in [6.45, 7) is 2.48. The molecule has 0 saturated heterocycles. The van der Waals surface area contributed by atoms with Gasteiger partial charge in [0.1, 0.15) is 5.75 Å². The number of carbonyl (C=O) groups excluding carboxylic acids is 2. The van der Waals surface area contributed by atoms with Crippen LogP contribution in [0.25, 0.3) is 0 Å². The quantitative estimate of drug-likeness (QED) is 0.826. The second kappa shape index (κ2) is 5.73. The normalized spacial score (nSPS) is 16.7. The van der Waals surface area contributed by atoms with Crippen LogP contribution in [0.4, 0.5) is 5.69 Å². The minimum Gasteiger partial charge on any atom is -0.494 e. The van der Waals surface area contributed by atoms with Crippen molar-refractivity contribution in [1.82, 2.24) is 0 Å². The molecule has 0 fully saturated rings. The Bertz CT molecular complexity index is 498. The van der Waals surface area contributed by atoms with Crippen molar-refractivity contribution < 1.29 is 19.1 Å². The molecule has 1 aliphatic rings. The van der Waals surface area contributed by atoms with Gasteiger partial charge in [-0.25, -0.2) is 0 Å². The van der Waals surface area contributed by atoms with Crippen LogP contribution in [-0.2, 0) is 14.3 Å². The molecule has 19 heavy (non-hydrogen) atoms. The van der Waals surface area contributed by atoms with E-state index in [4.69, 9.17) is 4.74 Å². The summed E-state index contributed by atoms with van der Waals surface area (Å²) in [4.78, 5) is 23.1. The highest BCUT2D eigenvalue weighted by molar-refractivity contribution is 6.03. The van der Waals surface area contributed by atoms with Crippen LogP contribution < -0.4 is 10.1 Å². The van der Waals surface area contributed by atoms with Crippen molar-refractivity contribution in [2.45, 2.75) is 25.7 Å². The third-order valence-electron chi connectivity index (χ3n) is 3.15. The highest BCUT2D eigenvalue weighted by Gasteiger charge is 2.31. The van der Waals surface area contributed by atoms with Gasteiger partial charge in [-0.3, -0.25) is 9.59 Å². The van der Waals surface area contributed by atoms with Gasteiger partial charge in [-0.15, -0.1) is 0 Å². The molecule has 1 heterocycles. The fourth-order valence-electron chi connectivity index (χ4n) is 2.21. The number of nitrogens with one attached hydrogen (secondary N) is 1. The Balaban J connectivity index is 2.16. The highest BCUT2D eigenvalue weighted by atomic mass is 16.5. The molecule has 0 aliphatic carbocycles. The number of rotatable bonds is 5. The minimum atomic E-state index is -0.311. The van der Waals surface area contributed by atoms with Gasteiger partial charge in [-0.05, 0) is 37.1 Å². The highest BCUT2D eigenvalue weighted by Crippen LogP contribution is 2.37. The number of methoxy groups -OCH3 is 1. The number of esters is 1. The van der Waals surface area contributed by atoms with Crippen molar-refractivity contribution in [2.75, 3.05) is 19.0 Å². The number of benzene rings is 1. The summed E-state index contributed by atoms with van der Waals surface area (Å²) in [5.41, 5.74) is 1.68. The molecule has 1 aliphatic heterocycles. The van der Waals surface area contributed by atoms with Gasteiger partial charge in [-0.1, -0.05) is 0 Å². The zero-order valence-corrected chi connectivity index (χ0v) is 11.1. The smallest absolute Gasteiger partial charge is 0.305 e. The summed E-state index contributed by atoms with van der Waals surface area (Å²) in [7, 11) is 1.35. The molecule has 0 bridgehead atoms. The molecule has 1 amide bonds. The second-order valence-electron chi connectivity index (χ2n) is 4.34. The van der Waals surface area contributed by atoms with E-state index in [-0.39, 0.29) is 24.2 Å². The topological polar surface area (TPSA) is 64.6 Å². The molecule has 1 unspecified atom stereocenters. The lowest BCUT2D eigenvalue weighted by atomic mass is 9.95. The molecular formula is C14H17NO4. The molecule has 2 rings (SSSR count).